The second-order valence-electron chi connectivity index (χ2n) is 2.98. The maximum atomic E-state index is 13.2. The number of halogens is 3. The van der Waals surface area contributed by atoms with Crippen LogP contribution in [0.4, 0.5) is 8.78 Å². The van der Waals surface area contributed by atoms with Crippen LogP contribution in [-0.4, -0.2) is 10.2 Å². The predicted octanol–water partition coefficient (Wildman–Crippen LogP) is 2.70. The Morgan fingerprint density at radius 3 is 2.40 bits per heavy atom. The lowest BCUT2D eigenvalue weighted by Crippen LogP contribution is -1.95. The van der Waals surface area contributed by atoms with Gasteiger partial charge in [-0.1, -0.05) is 6.07 Å². The number of rotatable bonds is 2. The fourth-order valence-corrected chi connectivity index (χ4v) is 1.28. The summed E-state index contributed by atoms with van der Waals surface area (Å²) in [6.07, 6.45) is 3.38. The average molecular weight is 231 g/mol. The molecule has 1 aromatic carbocycles. The summed E-state index contributed by atoms with van der Waals surface area (Å²) in [7, 11) is 0. The second kappa shape index (κ2) is 4.89. The molecule has 0 radical (unpaired) electrons. The summed E-state index contributed by atoms with van der Waals surface area (Å²) in [4.78, 5) is 0. The molecule has 0 aliphatic carbocycles. The third-order valence-corrected chi connectivity index (χ3v) is 2.00. The van der Waals surface area contributed by atoms with E-state index in [0.717, 1.165) is 5.56 Å². The summed E-state index contributed by atoms with van der Waals surface area (Å²) < 4.78 is 26.3. The zero-order valence-electron chi connectivity index (χ0n) is 7.71. The molecule has 2 rings (SSSR count). The molecule has 0 unspecified atom stereocenters. The number of nitrogens with zero attached hydrogens (tertiary/aromatic N) is 1. The highest BCUT2D eigenvalue weighted by Crippen LogP contribution is 2.15. The van der Waals surface area contributed by atoms with Gasteiger partial charge in [0.1, 0.15) is 11.6 Å². The van der Waals surface area contributed by atoms with Crippen molar-refractivity contribution in [2.75, 3.05) is 0 Å². The molecule has 2 nitrogen and oxygen atoms in total. The number of hydrogen-bond donors (Lipinski definition) is 1. The number of benzene rings is 1. The Labute approximate surface area is 91.7 Å². The van der Waals surface area contributed by atoms with E-state index in [0.29, 0.717) is 0 Å². The van der Waals surface area contributed by atoms with Gasteiger partial charge < -0.3 is 0 Å². The molecule has 0 atom stereocenters. The fourth-order valence-electron chi connectivity index (χ4n) is 1.28. The van der Waals surface area contributed by atoms with Gasteiger partial charge in [0.05, 0.1) is 6.20 Å². The molecular formula is C10H9ClF2N2. The Morgan fingerprint density at radius 2 is 1.87 bits per heavy atom. The van der Waals surface area contributed by atoms with Crippen LogP contribution >= 0.6 is 12.4 Å². The fraction of sp³-hybridized carbons (Fsp3) is 0.100. The van der Waals surface area contributed by atoms with Crippen molar-refractivity contribution in [3.63, 3.8) is 0 Å². The van der Waals surface area contributed by atoms with E-state index >= 15 is 0 Å². The molecule has 0 amide bonds. The van der Waals surface area contributed by atoms with E-state index in [9.17, 15) is 8.78 Å². The largest absolute Gasteiger partial charge is 0.285 e. The van der Waals surface area contributed by atoms with E-state index in [1.54, 1.807) is 12.4 Å². The van der Waals surface area contributed by atoms with Crippen LogP contribution in [-0.2, 0) is 6.42 Å². The smallest absolute Gasteiger partial charge is 0.129 e. The molecule has 80 valence electrons. The molecule has 0 saturated carbocycles. The van der Waals surface area contributed by atoms with E-state index in [1.807, 2.05) is 0 Å². The average Bonchev–Trinajstić information content (AvgIpc) is 2.64. The van der Waals surface area contributed by atoms with Gasteiger partial charge in [0.25, 0.3) is 0 Å². The lowest BCUT2D eigenvalue weighted by atomic mass is 10.1. The SMILES string of the molecule is Cl.Fc1cccc(F)c1Cc1cn[nH]c1. The normalized spacial score (nSPS) is 9.73. The van der Waals surface area contributed by atoms with Crippen LogP contribution in [0.2, 0.25) is 0 Å². The van der Waals surface area contributed by atoms with Gasteiger partial charge in [0.2, 0.25) is 0 Å². The van der Waals surface area contributed by atoms with Gasteiger partial charge in [0, 0.05) is 18.2 Å². The van der Waals surface area contributed by atoms with Gasteiger partial charge in [0.15, 0.2) is 0 Å². The van der Waals surface area contributed by atoms with Crippen LogP contribution < -0.4 is 0 Å². The minimum atomic E-state index is -0.522. The Balaban J connectivity index is 0.00000112. The van der Waals surface area contributed by atoms with Gasteiger partial charge in [-0.25, -0.2) is 8.78 Å². The minimum Gasteiger partial charge on any atom is -0.285 e. The first-order valence-electron chi connectivity index (χ1n) is 4.18. The van der Waals surface area contributed by atoms with Crippen molar-refractivity contribution < 1.29 is 8.78 Å². The number of aromatic nitrogens is 2. The zero-order valence-corrected chi connectivity index (χ0v) is 8.52. The van der Waals surface area contributed by atoms with Crippen molar-refractivity contribution in [3.8, 4) is 0 Å². The number of H-pyrrole nitrogens is 1. The highest BCUT2D eigenvalue weighted by atomic mass is 35.5. The van der Waals surface area contributed by atoms with Crippen molar-refractivity contribution in [1.82, 2.24) is 10.2 Å². The molecule has 0 aliphatic rings. The first kappa shape index (κ1) is 11.7. The summed E-state index contributed by atoms with van der Waals surface area (Å²) in [5.41, 5.74) is 0.836. The van der Waals surface area contributed by atoms with Crippen molar-refractivity contribution in [2.24, 2.45) is 0 Å². The summed E-state index contributed by atoms with van der Waals surface area (Å²) >= 11 is 0. The van der Waals surface area contributed by atoms with E-state index < -0.39 is 11.6 Å². The molecule has 0 fully saturated rings. The molecular weight excluding hydrogens is 222 g/mol. The van der Waals surface area contributed by atoms with Gasteiger partial charge in [-0.05, 0) is 17.7 Å². The van der Waals surface area contributed by atoms with Gasteiger partial charge >= 0.3 is 0 Å². The summed E-state index contributed by atoms with van der Waals surface area (Å²) in [5, 5.41) is 6.30. The molecule has 15 heavy (non-hydrogen) atoms. The molecule has 5 heteroatoms. The van der Waals surface area contributed by atoms with Gasteiger partial charge in [-0.2, -0.15) is 5.10 Å². The maximum absolute atomic E-state index is 13.2. The first-order chi connectivity index (χ1) is 6.77. The number of hydrogen-bond acceptors (Lipinski definition) is 1. The van der Waals surface area contributed by atoms with Gasteiger partial charge in [-0.3, -0.25) is 5.10 Å². The molecule has 1 aromatic heterocycles. The molecule has 2 aromatic rings. The van der Waals surface area contributed by atoms with Crippen LogP contribution in [0.25, 0.3) is 0 Å². The summed E-state index contributed by atoms with van der Waals surface area (Å²) in [5.74, 6) is -1.04. The first-order valence-corrected chi connectivity index (χ1v) is 4.18. The lowest BCUT2D eigenvalue weighted by Gasteiger charge is -2.01. The third-order valence-electron chi connectivity index (χ3n) is 2.00. The Morgan fingerprint density at radius 1 is 1.20 bits per heavy atom. The molecule has 0 spiro atoms. The van der Waals surface area contributed by atoms with Crippen molar-refractivity contribution >= 4 is 12.4 Å². The zero-order chi connectivity index (χ0) is 9.97. The predicted molar refractivity (Wildman–Crippen MR) is 55.0 cm³/mol. The van der Waals surface area contributed by atoms with E-state index in [4.69, 9.17) is 0 Å². The van der Waals surface area contributed by atoms with Crippen LogP contribution in [0.5, 0.6) is 0 Å². The minimum absolute atomic E-state index is 0. The standard InChI is InChI=1S/C10H8F2N2.ClH/c11-9-2-1-3-10(12)8(9)4-7-5-13-14-6-7;/h1-3,5-6H,4H2,(H,13,14);1H. The van der Waals surface area contributed by atoms with Crippen molar-refractivity contribution in [3.05, 3.63) is 53.4 Å². The van der Waals surface area contributed by atoms with Crippen molar-refractivity contribution in [1.29, 1.82) is 0 Å². The highest BCUT2D eigenvalue weighted by molar-refractivity contribution is 5.85. The van der Waals surface area contributed by atoms with E-state index in [1.165, 1.54) is 18.2 Å². The molecule has 0 saturated heterocycles. The van der Waals surface area contributed by atoms with E-state index in [-0.39, 0.29) is 24.4 Å². The summed E-state index contributed by atoms with van der Waals surface area (Å²) in [6.45, 7) is 0. The van der Waals surface area contributed by atoms with Crippen molar-refractivity contribution in [2.45, 2.75) is 6.42 Å². The monoisotopic (exact) mass is 230 g/mol. The molecule has 1 N–H and O–H groups in total. The maximum Gasteiger partial charge on any atom is 0.129 e. The van der Waals surface area contributed by atoms with Gasteiger partial charge in [-0.15, -0.1) is 12.4 Å². The molecule has 0 bridgehead atoms. The second-order valence-corrected chi connectivity index (χ2v) is 2.98. The number of aromatic amines is 1. The number of nitrogens with one attached hydrogen (secondary N) is 1. The Kier molecular flexibility index (Phi) is 3.80. The van der Waals surface area contributed by atoms with Crippen LogP contribution in [0, 0.1) is 11.6 Å². The quantitative estimate of drug-likeness (QED) is 0.844. The lowest BCUT2D eigenvalue weighted by molar-refractivity contribution is 0.561. The molecule has 0 aliphatic heterocycles. The highest BCUT2D eigenvalue weighted by Gasteiger charge is 2.08. The topological polar surface area (TPSA) is 28.7 Å². The summed E-state index contributed by atoms with van der Waals surface area (Å²) in [6, 6.07) is 3.85. The van der Waals surface area contributed by atoms with Crippen LogP contribution in [0.1, 0.15) is 11.1 Å². The van der Waals surface area contributed by atoms with Crippen LogP contribution in [0.15, 0.2) is 30.6 Å². The third kappa shape index (κ3) is 2.53. The van der Waals surface area contributed by atoms with Crippen LogP contribution in [0.3, 0.4) is 0 Å². The Hall–Kier alpha value is -1.42. The Bertz CT molecular complexity index is 409. The van der Waals surface area contributed by atoms with E-state index in [2.05, 4.69) is 10.2 Å². The molecule has 1 heterocycles.